The molecule has 0 saturated carbocycles. The van der Waals surface area contributed by atoms with Gasteiger partial charge in [0, 0.05) is 5.02 Å². The summed E-state index contributed by atoms with van der Waals surface area (Å²) in [5, 5.41) is 12.6. The lowest BCUT2D eigenvalue weighted by Crippen LogP contribution is -2.17. The van der Waals surface area contributed by atoms with Crippen LogP contribution in [0.15, 0.2) is 24.3 Å². The number of nitrogens with zero attached hydrogens (tertiary/aromatic N) is 3. The summed E-state index contributed by atoms with van der Waals surface area (Å²) in [6, 6.07) is 7.91. The third-order valence-corrected chi connectivity index (χ3v) is 3.50. The summed E-state index contributed by atoms with van der Waals surface area (Å²) in [5.74, 6) is 0. The number of hydrogen-bond donors (Lipinski definition) is 1. The zero-order valence-electron chi connectivity index (χ0n) is 11.5. The molecular formula is C14H19ClN4. The van der Waals surface area contributed by atoms with Crippen molar-refractivity contribution in [1.29, 1.82) is 0 Å². The van der Waals surface area contributed by atoms with Crippen LogP contribution in [0.25, 0.3) is 5.69 Å². The van der Waals surface area contributed by atoms with Crippen LogP contribution in [0.4, 0.5) is 0 Å². The second-order valence-electron chi connectivity index (χ2n) is 4.42. The number of benzene rings is 1. The SMILES string of the molecule is CCc1c(C(CC)NC)nnn1-c1cccc(Cl)c1. The van der Waals surface area contributed by atoms with Crippen molar-refractivity contribution in [2.75, 3.05) is 7.05 Å². The van der Waals surface area contributed by atoms with E-state index in [1.54, 1.807) is 0 Å². The molecule has 0 aliphatic rings. The van der Waals surface area contributed by atoms with Gasteiger partial charge in [0.15, 0.2) is 0 Å². The minimum Gasteiger partial charge on any atom is -0.312 e. The van der Waals surface area contributed by atoms with Crippen LogP contribution in [0.1, 0.15) is 37.7 Å². The Bertz CT molecular complexity index is 546. The maximum Gasteiger partial charge on any atom is 0.103 e. The van der Waals surface area contributed by atoms with Crippen LogP contribution in [-0.4, -0.2) is 22.0 Å². The molecule has 4 nitrogen and oxygen atoms in total. The van der Waals surface area contributed by atoms with Gasteiger partial charge in [0.25, 0.3) is 0 Å². The van der Waals surface area contributed by atoms with Crippen LogP contribution in [-0.2, 0) is 6.42 Å². The monoisotopic (exact) mass is 278 g/mol. The lowest BCUT2D eigenvalue weighted by Gasteiger charge is -2.13. The maximum absolute atomic E-state index is 6.04. The molecule has 0 radical (unpaired) electrons. The first-order valence-corrected chi connectivity index (χ1v) is 6.96. The fourth-order valence-electron chi connectivity index (χ4n) is 2.26. The molecule has 0 saturated heterocycles. The van der Waals surface area contributed by atoms with E-state index in [0.717, 1.165) is 29.9 Å². The van der Waals surface area contributed by atoms with Crippen molar-refractivity contribution < 1.29 is 0 Å². The Kier molecular flexibility index (Phi) is 4.56. The summed E-state index contributed by atoms with van der Waals surface area (Å²) in [7, 11) is 1.95. The zero-order chi connectivity index (χ0) is 13.8. The molecule has 2 rings (SSSR count). The Morgan fingerprint density at radius 2 is 2.16 bits per heavy atom. The topological polar surface area (TPSA) is 42.7 Å². The average molecular weight is 279 g/mol. The van der Waals surface area contributed by atoms with Gasteiger partial charge in [0.2, 0.25) is 0 Å². The third-order valence-electron chi connectivity index (χ3n) is 3.27. The van der Waals surface area contributed by atoms with Crippen molar-refractivity contribution in [2.45, 2.75) is 32.7 Å². The fraction of sp³-hybridized carbons (Fsp3) is 0.429. The molecule has 0 fully saturated rings. The Morgan fingerprint density at radius 1 is 1.37 bits per heavy atom. The smallest absolute Gasteiger partial charge is 0.103 e. The van der Waals surface area contributed by atoms with Crippen LogP contribution in [0.3, 0.4) is 0 Å². The van der Waals surface area contributed by atoms with Crippen molar-refractivity contribution in [1.82, 2.24) is 20.3 Å². The average Bonchev–Trinajstić information content (AvgIpc) is 2.84. The summed E-state index contributed by atoms with van der Waals surface area (Å²) in [5.41, 5.74) is 3.10. The van der Waals surface area contributed by atoms with E-state index in [1.807, 2.05) is 36.0 Å². The second kappa shape index (κ2) is 6.17. The molecule has 0 spiro atoms. The van der Waals surface area contributed by atoms with Gasteiger partial charge in [-0.3, -0.25) is 0 Å². The van der Waals surface area contributed by atoms with E-state index < -0.39 is 0 Å². The second-order valence-corrected chi connectivity index (χ2v) is 4.85. The van der Waals surface area contributed by atoms with Gasteiger partial charge in [0.1, 0.15) is 5.69 Å². The first-order valence-electron chi connectivity index (χ1n) is 6.58. The van der Waals surface area contributed by atoms with Gasteiger partial charge in [-0.15, -0.1) is 5.10 Å². The van der Waals surface area contributed by atoms with E-state index in [4.69, 9.17) is 11.6 Å². The molecule has 5 heteroatoms. The van der Waals surface area contributed by atoms with Gasteiger partial charge >= 0.3 is 0 Å². The number of rotatable bonds is 5. The highest BCUT2D eigenvalue weighted by atomic mass is 35.5. The maximum atomic E-state index is 6.04. The lowest BCUT2D eigenvalue weighted by atomic mass is 10.1. The van der Waals surface area contributed by atoms with E-state index in [9.17, 15) is 0 Å². The Labute approximate surface area is 118 Å². The minimum absolute atomic E-state index is 0.239. The highest BCUT2D eigenvalue weighted by Gasteiger charge is 2.18. The fourth-order valence-corrected chi connectivity index (χ4v) is 2.45. The van der Waals surface area contributed by atoms with Gasteiger partial charge in [-0.1, -0.05) is 36.7 Å². The van der Waals surface area contributed by atoms with Crippen LogP contribution in [0, 0.1) is 0 Å². The molecule has 1 aromatic heterocycles. The highest BCUT2D eigenvalue weighted by molar-refractivity contribution is 6.30. The van der Waals surface area contributed by atoms with Crippen LogP contribution in [0.2, 0.25) is 5.02 Å². The van der Waals surface area contributed by atoms with Crippen molar-refractivity contribution in [3.63, 3.8) is 0 Å². The minimum atomic E-state index is 0.239. The van der Waals surface area contributed by atoms with Crippen molar-refractivity contribution in [3.05, 3.63) is 40.7 Å². The molecule has 1 atom stereocenters. The molecule has 1 aromatic carbocycles. The molecular weight excluding hydrogens is 260 g/mol. The molecule has 1 heterocycles. The number of nitrogens with one attached hydrogen (secondary N) is 1. The molecule has 1 N–H and O–H groups in total. The van der Waals surface area contributed by atoms with Gasteiger partial charge in [-0.2, -0.15) is 0 Å². The van der Waals surface area contributed by atoms with E-state index in [2.05, 4.69) is 29.5 Å². The normalized spacial score (nSPS) is 12.6. The predicted octanol–water partition coefficient (Wildman–Crippen LogP) is 3.15. The third kappa shape index (κ3) is 2.80. The number of aromatic nitrogens is 3. The lowest BCUT2D eigenvalue weighted by molar-refractivity contribution is 0.555. The van der Waals surface area contributed by atoms with Crippen molar-refractivity contribution in [3.8, 4) is 5.69 Å². The van der Waals surface area contributed by atoms with Gasteiger partial charge in [-0.25, -0.2) is 4.68 Å². The van der Waals surface area contributed by atoms with E-state index in [1.165, 1.54) is 0 Å². The quantitative estimate of drug-likeness (QED) is 0.914. The molecule has 1 unspecified atom stereocenters. The molecule has 0 aliphatic heterocycles. The summed E-state index contributed by atoms with van der Waals surface area (Å²) in [6.45, 7) is 4.25. The Balaban J connectivity index is 2.48. The molecule has 0 aliphatic carbocycles. The molecule has 2 aromatic rings. The van der Waals surface area contributed by atoms with Crippen LogP contribution < -0.4 is 5.32 Å². The predicted molar refractivity (Wildman–Crippen MR) is 77.8 cm³/mol. The number of hydrogen-bond acceptors (Lipinski definition) is 3. The van der Waals surface area contributed by atoms with Crippen LogP contribution in [0.5, 0.6) is 0 Å². The van der Waals surface area contributed by atoms with Gasteiger partial charge in [-0.05, 0) is 38.1 Å². The first-order chi connectivity index (χ1) is 9.21. The zero-order valence-corrected chi connectivity index (χ0v) is 12.3. The highest BCUT2D eigenvalue weighted by Crippen LogP contribution is 2.22. The van der Waals surface area contributed by atoms with E-state index in [0.29, 0.717) is 5.02 Å². The van der Waals surface area contributed by atoms with E-state index >= 15 is 0 Å². The summed E-state index contributed by atoms with van der Waals surface area (Å²) in [6.07, 6.45) is 1.87. The van der Waals surface area contributed by atoms with Gasteiger partial charge < -0.3 is 5.32 Å². The molecule has 0 bridgehead atoms. The number of halogens is 1. The van der Waals surface area contributed by atoms with Crippen LogP contribution >= 0.6 is 11.6 Å². The largest absolute Gasteiger partial charge is 0.312 e. The first kappa shape index (κ1) is 14.0. The molecule has 19 heavy (non-hydrogen) atoms. The Hall–Kier alpha value is -1.39. The summed E-state index contributed by atoms with van der Waals surface area (Å²) >= 11 is 6.04. The van der Waals surface area contributed by atoms with E-state index in [-0.39, 0.29) is 6.04 Å². The summed E-state index contributed by atoms with van der Waals surface area (Å²) < 4.78 is 1.88. The van der Waals surface area contributed by atoms with Crippen molar-refractivity contribution in [2.24, 2.45) is 0 Å². The van der Waals surface area contributed by atoms with Crippen molar-refractivity contribution >= 4 is 11.6 Å². The molecule has 0 amide bonds. The standard InChI is InChI=1S/C14H19ClN4/c1-4-12(16-3)14-13(5-2)19(18-17-14)11-8-6-7-10(15)9-11/h6-9,12,16H,4-5H2,1-3H3. The van der Waals surface area contributed by atoms with Gasteiger partial charge in [0.05, 0.1) is 17.4 Å². The summed E-state index contributed by atoms with van der Waals surface area (Å²) in [4.78, 5) is 0. The Morgan fingerprint density at radius 3 is 2.74 bits per heavy atom. The molecule has 102 valence electrons.